The van der Waals surface area contributed by atoms with Crippen LogP contribution in [0.3, 0.4) is 0 Å². The normalized spacial score (nSPS) is 15.4. The molecule has 0 spiro atoms. The second-order valence-corrected chi connectivity index (χ2v) is 6.28. The van der Waals surface area contributed by atoms with Crippen molar-refractivity contribution in [1.29, 1.82) is 0 Å². The van der Waals surface area contributed by atoms with E-state index >= 15 is 0 Å². The van der Waals surface area contributed by atoms with E-state index in [4.69, 9.17) is 16.3 Å². The Bertz CT molecular complexity index is 710. The van der Waals surface area contributed by atoms with Crippen molar-refractivity contribution in [3.63, 3.8) is 0 Å². The highest BCUT2D eigenvalue weighted by molar-refractivity contribution is 6.31. The van der Waals surface area contributed by atoms with Gasteiger partial charge in [-0.05, 0) is 24.6 Å². The summed E-state index contributed by atoms with van der Waals surface area (Å²) in [4.78, 5) is 14.5. The van der Waals surface area contributed by atoms with Gasteiger partial charge in [-0.2, -0.15) is 5.10 Å². The minimum Gasteiger partial charge on any atom is -0.379 e. The zero-order valence-corrected chi connectivity index (χ0v) is 14.4. The fourth-order valence-corrected chi connectivity index (χ4v) is 2.83. The lowest BCUT2D eigenvalue weighted by atomic mass is 10.2. The molecule has 0 bridgehead atoms. The number of anilines is 1. The number of morpholine rings is 1. The number of aromatic nitrogens is 2. The fraction of sp³-hybridized carbons (Fsp3) is 0.412. The van der Waals surface area contributed by atoms with Crippen molar-refractivity contribution >= 4 is 23.2 Å². The summed E-state index contributed by atoms with van der Waals surface area (Å²) in [7, 11) is 0. The number of hydrogen-bond donors (Lipinski definition) is 1. The van der Waals surface area contributed by atoms with E-state index < -0.39 is 0 Å². The van der Waals surface area contributed by atoms with E-state index in [-0.39, 0.29) is 12.5 Å². The molecule has 1 aromatic carbocycles. The molecular formula is C17H21ClN4O2. The van der Waals surface area contributed by atoms with E-state index in [2.05, 4.69) is 21.4 Å². The fourth-order valence-electron chi connectivity index (χ4n) is 2.68. The van der Waals surface area contributed by atoms with Gasteiger partial charge >= 0.3 is 0 Å². The maximum atomic E-state index is 12.2. The lowest BCUT2D eigenvalue weighted by Gasteiger charge is -2.26. The third-order valence-corrected chi connectivity index (χ3v) is 4.43. The number of benzene rings is 1. The number of halogens is 1. The monoisotopic (exact) mass is 348 g/mol. The minimum absolute atomic E-state index is 0.124. The first-order valence-electron chi connectivity index (χ1n) is 7.98. The van der Waals surface area contributed by atoms with E-state index in [0.717, 1.165) is 44.2 Å². The highest BCUT2D eigenvalue weighted by atomic mass is 35.5. The summed E-state index contributed by atoms with van der Waals surface area (Å²) in [5.41, 5.74) is 2.75. The third-order valence-electron chi connectivity index (χ3n) is 4.06. The first-order chi connectivity index (χ1) is 11.6. The maximum absolute atomic E-state index is 12.2. The van der Waals surface area contributed by atoms with Gasteiger partial charge in [0.2, 0.25) is 5.91 Å². The molecule has 0 radical (unpaired) electrons. The first-order valence-corrected chi connectivity index (χ1v) is 8.36. The van der Waals surface area contributed by atoms with Gasteiger partial charge in [-0.3, -0.25) is 14.4 Å². The van der Waals surface area contributed by atoms with Crippen LogP contribution in [-0.2, 0) is 22.6 Å². The van der Waals surface area contributed by atoms with Crippen molar-refractivity contribution in [2.45, 2.75) is 20.0 Å². The second-order valence-electron chi connectivity index (χ2n) is 5.87. The van der Waals surface area contributed by atoms with Crippen molar-refractivity contribution in [2.24, 2.45) is 0 Å². The van der Waals surface area contributed by atoms with Crippen molar-refractivity contribution in [3.05, 3.63) is 46.7 Å². The Labute approximate surface area is 146 Å². The Morgan fingerprint density at radius 2 is 2.17 bits per heavy atom. The summed E-state index contributed by atoms with van der Waals surface area (Å²) in [5, 5.41) is 7.58. The topological polar surface area (TPSA) is 59.4 Å². The summed E-state index contributed by atoms with van der Waals surface area (Å²) in [6.07, 6.45) is 1.55. The number of ether oxygens (including phenoxy) is 1. The number of nitrogens with one attached hydrogen (secondary N) is 1. The molecule has 2 aromatic rings. The van der Waals surface area contributed by atoms with Crippen LogP contribution >= 0.6 is 11.6 Å². The van der Waals surface area contributed by atoms with Crippen LogP contribution in [0.2, 0.25) is 5.02 Å². The van der Waals surface area contributed by atoms with Gasteiger partial charge in [-0.25, -0.2) is 0 Å². The molecule has 2 heterocycles. The average molecular weight is 349 g/mol. The number of carbonyl (C=O) groups is 1. The number of hydrogen-bond acceptors (Lipinski definition) is 4. The summed E-state index contributed by atoms with van der Waals surface area (Å²) >= 11 is 5.96. The first kappa shape index (κ1) is 17.0. The van der Waals surface area contributed by atoms with Crippen LogP contribution in [0.1, 0.15) is 11.3 Å². The smallest absolute Gasteiger partial charge is 0.246 e. The summed E-state index contributed by atoms with van der Waals surface area (Å²) < 4.78 is 6.96. The Hall–Kier alpha value is -1.89. The van der Waals surface area contributed by atoms with Gasteiger partial charge < -0.3 is 10.1 Å². The molecule has 1 amide bonds. The largest absolute Gasteiger partial charge is 0.379 e. The molecule has 1 saturated heterocycles. The minimum atomic E-state index is -0.124. The SMILES string of the molecule is Cc1c(Cl)cnn1CC(=O)Nc1cccc(CN2CCOCC2)c1. The molecule has 0 aliphatic carbocycles. The van der Waals surface area contributed by atoms with Crippen LogP contribution in [0, 0.1) is 6.92 Å². The van der Waals surface area contributed by atoms with E-state index in [1.54, 1.807) is 10.9 Å². The van der Waals surface area contributed by atoms with Gasteiger partial charge in [0.25, 0.3) is 0 Å². The quantitative estimate of drug-likeness (QED) is 0.900. The molecule has 1 aliphatic heterocycles. The van der Waals surface area contributed by atoms with Gasteiger partial charge in [-0.15, -0.1) is 0 Å². The lowest BCUT2D eigenvalue weighted by molar-refractivity contribution is -0.116. The van der Waals surface area contributed by atoms with Crippen LogP contribution in [0.5, 0.6) is 0 Å². The second kappa shape index (κ2) is 7.79. The van der Waals surface area contributed by atoms with E-state index in [9.17, 15) is 4.79 Å². The van der Waals surface area contributed by atoms with E-state index in [0.29, 0.717) is 5.02 Å². The van der Waals surface area contributed by atoms with Crippen molar-refractivity contribution in [3.8, 4) is 0 Å². The highest BCUT2D eigenvalue weighted by Crippen LogP contribution is 2.15. The maximum Gasteiger partial charge on any atom is 0.246 e. The van der Waals surface area contributed by atoms with E-state index in [1.807, 2.05) is 25.1 Å². The predicted octanol–water partition coefficient (Wildman–Crippen LogP) is 2.32. The number of rotatable bonds is 5. The molecule has 6 nitrogen and oxygen atoms in total. The zero-order chi connectivity index (χ0) is 16.9. The van der Waals surface area contributed by atoms with Crippen molar-refractivity contribution in [2.75, 3.05) is 31.6 Å². The summed E-state index contributed by atoms with van der Waals surface area (Å²) in [6.45, 7) is 6.29. The zero-order valence-electron chi connectivity index (χ0n) is 13.7. The van der Waals surface area contributed by atoms with Gasteiger partial charge in [0, 0.05) is 25.3 Å². The Morgan fingerprint density at radius 3 is 2.88 bits per heavy atom. The summed E-state index contributed by atoms with van der Waals surface area (Å²) in [5.74, 6) is -0.124. The van der Waals surface area contributed by atoms with Crippen LogP contribution in [-0.4, -0.2) is 46.9 Å². The molecule has 128 valence electrons. The standard InChI is InChI=1S/C17H21ClN4O2/c1-13-16(18)10-19-22(13)12-17(23)20-15-4-2-3-14(9-15)11-21-5-7-24-8-6-21/h2-4,9-10H,5-8,11-12H2,1H3,(H,20,23). The Kier molecular flexibility index (Phi) is 5.50. The molecule has 0 saturated carbocycles. The molecule has 1 N–H and O–H groups in total. The molecule has 1 aliphatic rings. The lowest BCUT2D eigenvalue weighted by Crippen LogP contribution is -2.35. The van der Waals surface area contributed by atoms with Crippen LogP contribution in [0.15, 0.2) is 30.5 Å². The van der Waals surface area contributed by atoms with Crippen LogP contribution in [0.4, 0.5) is 5.69 Å². The van der Waals surface area contributed by atoms with Crippen LogP contribution < -0.4 is 5.32 Å². The average Bonchev–Trinajstić information content (AvgIpc) is 2.88. The molecule has 1 aromatic heterocycles. The highest BCUT2D eigenvalue weighted by Gasteiger charge is 2.12. The Balaban J connectivity index is 1.59. The van der Waals surface area contributed by atoms with E-state index in [1.165, 1.54) is 5.56 Å². The van der Waals surface area contributed by atoms with Gasteiger partial charge in [0.1, 0.15) is 6.54 Å². The number of amides is 1. The van der Waals surface area contributed by atoms with Crippen molar-refractivity contribution in [1.82, 2.24) is 14.7 Å². The van der Waals surface area contributed by atoms with Gasteiger partial charge in [0.05, 0.1) is 30.1 Å². The van der Waals surface area contributed by atoms with Gasteiger partial charge in [0.15, 0.2) is 0 Å². The molecule has 24 heavy (non-hydrogen) atoms. The molecule has 7 heteroatoms. The third kappa shape index (κ3) is 4.35. The number of nitrogens with zero attached hydrogens (tertiary/aromatic N) is 3. The molecular weight excluding hydrogens is 328 g/mol. The predicted molar refractivity (Wildman–Crippen MR) is 93.1 cm³/mol. The van der Waals surface area contributed by atoms with Crippen LogP contribution in [0.25, 0.3) is 0 Å². The Morgan fingerprint density at radius 1 is 1.38 bits per heavy atom. The van der Waals surface area contributed by atoms with Gasteiger partial charge in [-0.1, -0.05) is 23.7 Å². The number of carbonyl (C=O) groups excluding carboxylic acids is 1. The molecule has 3 rings (SSSR count). The molecule has 0 unspecified atom stereocenters. The molecule has 0 atom stereocenters. The molecule has 1 fully saturated rings. The summed E-state index contributed by atoms with van der Waals surface area (Å²) in [6, 6.07) is 7.93. The van der Waals surface area contributed by atoms with Crippen molar-refractivity contribution < 1.29 is 9.53 Å².